The molecule has 7 nitrogen and oxygen atoms in total. The number of carbonyl (C=O) groups is 1. The Kier molecular flexibility index (Phi) is 4.11. The third-order valence-corrected chi connectivity index (χ3v) is 3.12. The van der Waals surface area contributed by atoms with Gasteiger partial charge in [0.15, 0.2) is 6.61 Å². The van der Waals surface area contributed by atoms with Crippen LogP contribution < -0.4 is 9.64 Å². The van der Waals surface area contributed by atoms with Crippen LogP contribution in [0.15, 0.2) is 28.8 Å². The molecule has 0 unspecified atom stereocenters. The molecule has 0 bridgehead atoms. The third kappa shape index (κ3) is 3.38. The van der Waals surface area contributed by atoms with E-state index in [0.717, 1.165) is 19.4 Å². The lowest BCUT2D eigenvalue weighted by atomic mass is 10.2. The monoisotopic (exact) mass is 289 g/mol. The first-order chi connectivity index (χ1) is 10.3. The van der Waals surface area contributed by atoms with E-state index in [1.54, 1.807) is 24.3 Å². The van der Waals surface area contributed by atoms with Crippen molar-refractivity contribution in [1.29, 1.82) is 0 Å². The number of anilines is 1. The molecule has 1 aromatic carbocycles. The quantitative estimate of drug-likeness (QED) is 0.768. The van der Waals surface area contributed by atoms with Gasteiger partial charge in [0.05, 0.1) is 13.2 Å². The van der Waals surface area contributed by atoms with Gasteiger partial charge in [0.2, 0.25) is 5.82 Å². The van der Waals surface area contributed by atoms with Gasteiger partial charge in [-0.05, 0) is 24.3 Å². The van der Waals surface area contributed by atoms with Crippen LogP contribution in [0, 0.1) is 0 Å². The highest BCUT2D eigenvalue weighted by Gasteiger charge is 2.17. The second-order valence-corrected chi connectivity index (χ2v) is 4.57. The Morgan fingerprint density at radius 3 is 2.71 bits per heavy atom. The minimum Gasteiger partial charge on any atom is -0.485 e. The van der Waals surface area contributed by atoms with Crippen molar-refractivity contribution in [3.8, 4) is 5.75 Å². The minimum absolute atomic E-state index is 0.217. The highest BCUT2D eigenvalue weighted by atomic mass is 16.5. The molecule has 2 heterocycles. The number of rotatable bonds is 5. The Hall–Kier alpha value is -2.41. The molecule has 1 saturated heterocycles. The Morgan fingerprint density at radius 2 is 2.00 bits per heavy atom. The summed E-state index contributed by atoms with van der Waals surface area (Å²) >= 11 is 0. The highest BCUT2D eigenvalue weighted by Crippen LogP contribution is 2.15. The van der Waals surface area contributed by atoms with E-state index in [1.807, 2.05) is 4.90 Å². The van der Waals surface area contributed by atoms with Gasteiger partial charge in [-0.25, -0.2) is 0 Å². The SMILES string of the molecule is O=Cc1ccc(OCc2noc(N3CCOCC3)n2)cc1. The van der Waals surface area contributed by atoms with Gasteiger partial charge in [0.25, 0.3) is 0 Å². The molecule has 0 radical (unpaired) electrons. The van der Waals surface area contributed by atoms with Crippen LogP contribution in [0.2, 0.25) is 0 Å². The average Bonchev–Trinajstić information content (AvgIpc) is 3.03. The average molecular weight is 289 g/mol. The number of aldehydes is 1. The zero-order chi connectivity index (χ0) is 14.5. The number of aromatic nitrogens is 2. The van der Waals surface area contributed by atoms with Crippen molar-refractivity contribution in [2.75, 3.05) is 31.2 Å². The van der Waals surface area contributed by atoms with Crippen molar-refractivity contribution in [2.45, 2.75) is 6.61 Å². The molecule has 7 heteroatoms. The van der Waals surface area contributed by atoms with E-state index >= 15 is 0 Å². The largest absolute Gasteiger partial charge is 0.485 e. The fourth-order valence-electron chi connectivity index (χ4n) is 1.98. The number of benzene rings is 1. The van der Waals surface area contributed by atoms with Crippen molar-refractivity contribution in [3.05, 3.63) is 35.7 Å². The summed E-state index contributed by atoms with van der Waals surface area (Å²) in [5.41, 5.74) is 0.608. The van der Waals surface area contributed by atoms with E-state index in [4.69, 9.17) is 14.0 Å². The van der Waals surface area contributed by atoms with Crippen LogP contribution in [0.25, 0.3) is 0 Å². The maximum absolute atomic E-state index is 10.6. The minimum atomic E-state index is 0.217. The normalized spacial score (nSPS) is 15.0. The molecule has 2 aromatic rings. The van der Waals surface area contributed by atoms with Gasteiger partial charge in [-0.2, -0.15) is 4.98 Å². The summed E-state index contributed by atoms with van der Waals surface area (Å²) in [6.45, 7) is 3.04. The van der Waals surface area contributed by atoms with E-state index in [9.17, 15) is 4.79 Å². The molecular weight excluding hydrogens is 274 g/mol. The zero-order valence-corrected chi connectivity index (χ0v) is 11.4. The summed E-state index contributed by atoms with van der Waals surface area (Å²) in [5.74, 6) is 1.13. The molecule has 110 valence electrons. The molecule has 0 N–H and O–H groups in total. The van der Waals surface area contributed by atoms with Gasteiger partial charge in [0.1, 0.15) is 12.0 Å². The smallest absolute Gasteiger partial charge is 0.324 e. The van der Waals surface area contributed by atoms with E-state index in [0.29, 0.717) is 36.4 Å². The highest BCUT2D eigenvalue weighted by molar-refractivity contribution is 5.74. The molecule has 0 atom stereocenters. The standard InChI is InChI=1S/C14H15N3O4/c18-9-11-1-3-12(4-2-11)20-10-13-15-14(21-16-13)17-5-7-19-8-6-17/h1-4,9H,5-8,10H2. The topological polar surface area (TPSA) is 77.7 Å². The lowest BCUT2D eigenvalue weighted by molar-refractivity contribution is 0.112. The number of carbonyl (C=O) groups excluding carboxylic acids is 1. The molecule has 0 amide bonds. The molecule has 1 aliphatic heterocycles. The Balaban J connectivity index is 1.57. The second kappa shape index (κ2) is 6.36. The first kappa shape index (κ1) is 13.6. The van der Waals surface area contributed by atoms with E-state index in [1.165, 1.54) is 0 Å². The fraction of sp³-hybridized carbons (Fsp3) is 0.357. The summed E-state index contributed by atoms with van der Waals surface area (Å²) in [7, 11) is 0. The Morgan fingerprint density at radius 1 is 1.24 bits per heavy atom. The van der Waals surface area contributed by atoms with Gasteiger partial charge in [-0.15, -0.1) is 0 Å². The molecule has 0 spiro atoms. The number of ether oxygens (including phenoxy) is 2. The summed E-state index contributed by atoms with van der Waals surface area (Å²) in [5, 5.41) is 3.89. The molecule has 21 heavy (non-hydrogen) atoms. The molecule has 1 aliphatic rings. The van der Waals surface area contributed by atoms with Crippen LogP contribution >= 0.6 is 0 Å². The van der Waals surface area contributed by atoms with Gasteiger partial charge < -0.3 is 18.9 Å². The summed E-state index contributed by atoms with van der Waals surface area (Å²) in [4.78, 5) is 16.8. The van der Waals surface area contributed by atoms with Crippen LogP contribution in [0.3, 0.4) is 0 Å². The summed E-state index contributed by atoms with van der Waals surface area (Å²) < 4.78 is 16.0. The van der Waals surface area contributed by atoms with Gasteiger partial charge >= 0.3 is 6.01 Å². The van der Waals surface area contributed by atoms with Crippen LogP contribution in [0.5, 0.6) is 5.75 Å². The predicted octanol–water partition coefficient (Wildman–Crippen LogP) is 1.30. The molecule has 0 saturated carbocycles. The van der Waals surface area contributed by atoms with Gasteiger partial charge in [-0.1, -0.05) is 5.16 Å². The van der Waals surface area contributed by atoms with Crippen molar-refractivity contribution in [1.82, 2.24) is 10.1 Å². The maximum atomic E-state index is 10.6. The van der Waals surface area contributed by atoms with Crippen molar-refractivity contribution in [2.24, 2.45) is 0 Å². The van der Waals surface area contributed by atoms with Crippen molar-refractivity contribution in [3.63, 3.8) is 0 Å². The van der Waals surface area contributed by atoms with Gasteiger partial charge in [-0.3, -0.25) is 4.79 Å². The molecule has 3 rings (SSSR count). The second-order valence-electron chi connectivity index (χ2n) is 4.57. The molecule has 1 aromatic heterocycles. The maximum Gasteiger partial charge on any atom is 0.324 e. The first-order valence-corrected chi connectivity index (χ1v) is 6.68. The third-order valence-electron chi connectivity index (χ3n) is 3.12. The fourth-order valence-corrected chi connectivity index (χ4v) is 1.98. The predicted molar refractivity (Wildman–Crippen MR) is 73.5 cm³/mol. The van der Waals surface area contributed by atoms with E-state index in [-0.39, 0.29) is 6.61 Å². The van der Waals surface area contributed by atoms with E-state index in [2.05, 4.69) is 10.1 Å². The molecule has 1 fully saturated rings. The van der Waals surface area contributed by atoms with Crippen LogP contribution in [-0.4, -0.2) is 42.7 Å². The Bertz CT molecular complexity index is 591. The Labute approximate surface area is 121 Å². The van der Waals surface area contributed by atoms with Crippen LogP contribution in [0.4, 0.5) is 6.01 Å². The van der Waals surface area contributed by atoms with Gasteiger partial charge in [0, 0.05) is 18.7 Å². The van der Waals surface area contributed by atoms with Crippen LogP contribution in [-0.2, 0) is 11.3 Å². The van der Waals surface area contributed by atoms with Crippen molar-refractivity contribution >= 4 is 12.3 Å². The van der Waals surface area contributed by atoms with Crippen molar-refractivity contribution < 1.29 is 18.8 Å². The lowest BCUT2D eigenvalue weighted by Crippen LogP contribution is -2.36. The number of morpholine rings is 1. The number of hydrogen-bond acceptors (Lipinski definition) is 7. The summed E-state index contributed by atoms with van der Waals surface area (Å²) in [6, 6.07) is 7.34. The van der Waals surface area contributed by atoms with E-state index < -0.39 is 0 Å². The summed E-state index contributed by atoms with van der Waals surface area (Å²) in [6.07, 6.45) is 0.789. The molecule has 0 aliphatic carbocycles. The lowest BCUT2D eigenvalue weighted by Gasteiger charge is -2.24. The number of nitrogens with zero attached hydrogens (tertiary/aromatic N) is 3. The number of hydrogen-bond donors (Lipinski definition) is 0. The molecular formula is C14H15N3O4. The first-order valence-electron chi connectivity index (χ1n) is 6.68. The van der Waals surface area contributed by atoms with Crippen LogP contribution in [0.1, 0.15) is 16.2 Å². The zero-order valence-electron chi connectivity index (χ0n) is 11.4.